The summed E-state index contributed by atoms with van der Waals surface area (Å²) in [6.45, 7) is 2.30. The van der Waals surface area contributed by atoms with Crippen molar-refractivity contribution in [1.82, 2.24) is 4.57 Å². The van der Waals surface area contributed by atoms with Gasteiger partial charge in [0.1, 0.15) is 11.4 Å². The molecule has 0 saturated heterocycles. The molecular formula is C14H14F3NO3. The summed E-state index contributed by atoms with van der Waals surface area (Å²) in [5.74, 6) is -1.26. The van der Waals surface area contributed by atoms with E-state index < -0.39 is 23.4 Å². The van der Waals surface area contributed by atoms with E-state index in [4.69, 9.17) is 9.84 Å². The Labute approximate surface area is 118 Å². The minimum Gasteiger partial charge on any atom is -0.494 e. The summed E-state index contributed by atoms with van der Waals surface area (Å²) in [6, 6.07) is 4.30. The molecule has 0 aliphatic carbocycles. The third-order valence-corrected chi connectivity index (χ3v) is 3.13. The van der Waals surface area contributed by atoms with Gasteiger partial charge >= 0.3 is 12.1 Å². The van der Waals surface area contributed by atoms with Crippen LogP contribution in [-0.2, 0) is 13.2 Å². The van der Waals surface area contributed by atoms with Crippen LogP contribution in [0.3, 0.4) is 0 Å². The summed E-state index contributed by atoms with van der Waals surface area (Å²) in [5, 5.41) is 9.17. The maximum absolute atomic E-state index is 13.1. The Hall–Kier alpha value is -2.18. The first-order valence-electron chi connectivity index (χ1n) is 6.33. The third-order valence-electron chi connectivity index (χ3n) is 3.13. The zero-order chi connectivity index (χ0) is 15.8. The highest BCUT2D eigenvalue weighted by Crippen LogP contribution is 2.38. The van der Waals surface area contributed by atoms with E-state index in [1.165, 1.54) is 25.2 Å². The summed E-state index contributed by atoms with van der Waals surface area (Å²) >= 11 is 0. The quantitative estimate of drug-likeness (QED) is 0.937. The zero-order valence-electron chi connectivity index (χ0n) is 11.5. The van der Waals surface area contributed by atoms with Gasteiger partial charge in [0.05, 0.1) is 12.2 Å². The number of aromatic nitrogens is 1. The molecule has 0 bridgehead atoms. The lowest BCUT2D eigenvalue weighted by Crippen LogP contribution is -2.15. The van der Waals surface area contributed by atoms with Crippen LogP contribution in [0.25, 0.3) is 10.9 Å². The van der Waals surface area contributed by atoms with Crippen molar-refractivity contribution in [1.29, 1.82) is 0 Å². The molecule has 0 amide bonds. The smallest absolute Gasteiger partial charge is 0.432 e. The molecule has 0 aliphatic rings. The third kappa shape index (κ3) is 2.68. The molecule has 0 spiro atoms. The van der Waals surface area contributed by atoms with Gasteiger partial charge in [0.25, 0.3) is 0 Å². The molecule has 1 aromatic carbocycles. The van der Waals surface area contributed by atoms with Crippen LogP contribution >= 0.6 is 0 Å². The molecule has 2 aromatic rings. The number of carboxylic acids is 1. The number of hydrogen-bond donors (Lipinski definition) is 1. The summed E-state index contributed by atoms with van der Waals surface area (Å²) < 4.78 is 45.5. The number of carbonyl (C=O) groups is 1. The Morgan fingerprint density at radius 3 is 2.57 bits per heavy atom. The van der Waals surface area contributed by atoms with E-state index in [9.17, 15) is 18.0 Å². The van der Waals surface area contributed by atoms with E-state index >= 15 is 0 Å². The number of halogens is 3. The van der Waals surface area contributed by atoms with Gasteiger partial charge in [0, 0.05) is 18.0 Å². The van der Waals surface area contributed by atoms with Gasteiger partial charge in [-0.15, -0.1) is 0 Å². The van der Waals surface area contributed by atoms with Crippen molar-refractivity contribution in [2.24, 2.45) is 7.05 Å². The summed E-state index contributed by atoms with van der Waals surface area (Å²) in [5.41, 5.74) is -1.72. The van der Waals surface area contributed by atoms with Crippen LogP contribution < -0.4 is 4.74 Å². The number of alkyl halides is 3. The van der Waals surface area contributed by atoms with E-state index in [1.807, 2.05) is 6.92 Å². The fraction of sp³-hybridized carbons (Fsp3) is 0.357. The van der Waals surface area contributed by atoms with E-state index in [0.717, 1.165) is 11.0 Å². The fourth-order valence-electron chi connectivity index (χ4n) is 2.28. The summed E-state index contributed by atoms with van der Waals surface area (Å²) in [4.78, 5) is 11.3. The van der Waals surface area contributed by atoms with Gasteiger partial charge < -0.3 is 14.4 Å². The second-order valence-electron chi connectivity index (χ2n) is 4.61. The van der Waals surface area contributed by atoms with Gasteiger partial charge in [-0.1, -0.05) is 6.92 Å². The standard InChI is InChI=1S/C14H14F3NO3/c1-3-6-21-8-4-5-10-9(7-8)11(13(19)20)12(18(10)2)14(15,16)17/h4-5,7H,3,6H2,1-2H3,(H,19,20). The lowest BCUT2D eigenvalue weighted by Gasteiger charge is -2.09. The molecule has 21 heavy (non-hydrogen) atoms. The zero-order valence-corrected chi connectivity index (χ0v) is 11.5. The van der Waals surface area contributed by atoms with Crippen molar-refractivity contribution >= 4 is 16.9 Å². The molecule has 4 nitrogen and oxygen atoms in total. The normalized spacial score (nSPS) is 11.9. The van der Waals surface area contributed by atoms with Crippen LogP contribution in [0.1, 0.15) is 29.4 Å². The van der Waals surface area contributed by atoms with E-state index in [-0.39, 0.29) is 10.9 Å². The number of aryl methyl sites for hydroxylation is 1. The van der Waals surface area contributed by atoms with Crippen LogP contribution in [0.4, 0.5) is 13.2 Å². The Morgan fingerprint density at radius 2 is 2.05 bits per heavy atom. The Kier molecular flexibility index (Phi) is 3.85. The second kappa shape index (κ2) is 5.31. The predicted octanol–water partition coefficient (Wildman–Crippen LogP) is 3.68. The lowest BCUT2D eigenvalue weighted by molar-refractivity contribution is -0.143. The average molecular weight is 301 g/mol. The molecular weight excluding hydrogens is 287 g/mol. The minimum absolute atomic E-state index is 0.0194. The van der Waals surface area contributed by atoms with Crippen molar-refractivity contribution in [2.75, 3.05) is 6.61 Å². The lowest BCUT2D eigenvalue weighted by atomic mass is 10.1. The molecule has 1 aromatic heterocycles. The van der Waals surface area contributed by atoms with Crippen molar-refractivity contribution in [2.45, 2.75) is 19.5 Å². The minimum atomic E-state index is -4.74. The van der Waals surface area contributed by atoms with Crippen molar-refractivity contribution in [3.63, 3.8) is 0 Å². The highest BCUT2D eigenvalue weighted by Gasteiger charge is 2.40. The highest BCUT2D eigenvalue weighted by atomic mass is 19.4. The molecule has 0 saturated carbocycles. The van der Waals surface area contributed by atoms with Crippen LogP contribution in [0.2, 0.25) is 0 Å². The first kappa shape index (κ1) is 15.2. The number of carboxylic acid groups (broad SMARTS) is 1. The average Bonchev–Trinajstić information content (AvgIpc) is 2.69. The number of hydrogen-bond acceptors (Lipinski definition) is 2. The largest absolute Gasteiger partial charge is 0.494 e. The van der Waals surface area contributed by atoms with Gasteiger partial charge in [-0.2, -0.15) is 13.2 Å². The summed E-state index contributed by atoms with van der Waals surface area (Å²) in [7, 11) is 1.20. The van der Waals surface area contributed by atoms with Gasteiger partial charge in [-0.3, -0.25) is 0 Å². The first-order chi connectivity index (χ1) is 9.77. The second-order valence-corrected chi connectivity index (χ2v) is 4.61. The Balaban J connectivity index is 2.72. The fourth-order valence-corrected chi connectivity index (χ4v) is 2.28. The van der Waals surface area contributed by atoms with Gasteiger partial charge in [-0.05, 0) is 24.6 Å². The van der Waals surface area contributed by atoms with Gasteiger partial charge in [-0.25, -0.2) is 4.79 Å². The number of benzene rings is 1. The predicted molar refractivity (Wildman–Crippen MR) is 70.7 cm³/mol. The van der Waals surface area contributed by atoms with Crippen LogP contribution in [0, 0.1) is 0 Å². The van der Waals surface area contributed by atoms with Crippen LogP contribution in [-0.4, -0.2) is 22.2 Å². The first-order valence-corrected chi connectivity index (χ1v) is 6.33. The molecule has 0 fully saturated rings. The van der Waals surface area contributed by atoms with E-state index in [2.05, 4.69) is 0 Å². The van der Waals surface area contributed by atoms with Crippen LogP contribution in [0.15, 0.2) is 18.2 Å². The van der Waals surface area contributed by atoms with Crippen molar-refractivity contribution in [3.05, 3.63) is 29.5 Å². The number of fused-ring (bicyclic) bond motifs is 1. The molecule has 0 atom stereocenters. The van der Waals surface area contributed by atoms with Gasteiger partial charge in [0.2, 0.25) is 0 Å². The molecule has 1 heterocycles. The van der Waals surface area contributed by atoms with Crippen molar-refractivity contribution < 1.29 is 27.8 Å². The SMILES string of the molecule is CCCOc1ccc2c(c1)c(C(=O)O)c(C(F)(F)F)n2C. The highest BCUT2D eigenvalue weighted by molar-refractivity contribution is 6.05. The Bertz CT molecular complexity index is 689. The molecule has 1 N–H and O–H groups in total. The summed E-state index contributed by atoms with van der Waals surface area (Å²) in [6.07, 6.45) is -4.00. The molecule has 0 radical (unpaired) electrons. The number of nitrogens with zero attached hydrogens (tertiary/aromatic N) is 1. The van der Waals surface area contributed by atoms with Crippen LogP contribution in [0.5, 0.6) is 5.75 Å². The monoisotopic (exact) mass is 301 g/mol. The van der Waals surface area contributed by atoms with E-state index in [0.29, 0.717) is 12.4 Å². The Morgan fingerprint density at radius 1 is 1.38 bits per heavy atom. The molecule has 7 heteroatoms. The van der Waals surface area contributed by atoms with Gasteiger partial charge in [0.15, 0.2) is 0 Å². The number of aromatic carboxylic acids is 1. The maximum Gasteiger partial charge on any atom is 0.432 e. The molecule has 2 rings (SSSR count). The number of rotatable bonds is 4. The van der Waals surface area contributed by atoms with E-state index in [1.54, 1.807) is 0 Å². The molecule has 0 unspecified atom stereocenters. The topological polar surface area (TPSA) is 51.5 Å². The molecule has 114 valence electrons. The molecule has 0 aliphatic heterocycles. The maximum atomic E-state index is 13.1. The van der Waals surface area contributed by atoms with Crippen molar-refractivity contribution in [3.8, 4) is 5.75 Å². The number of ether oxygens (including phenoxy) is 1.